The van der Waals surface area contributed by atoms with Crippen LogP contribution < -0.4 is 4.90 Å². The fourth-order valence-corrected chi connectivity index (χ4v) is 7.97. The molecule has 190 valence electrons. The molecule has 6 unspecified atom stereocenters. The van der Waals surface area contributed by atoms with E-state index >= 15 is 0 Å². The number of aromatic hydroxyl groups is 1. The Bertz CT molecular complexity index is 1430. The molecule has 4 amide bonds. The van der Waals surface area contributed by atoms with E-state index in [0.717, 1.165) is 4.90 Å². The average molecular weight is 560 g/mol. The van der Waals surface area contributed by atoms with Gasteiger partial charge in [0.2, 0.25) is 11.8 Å². The summed E-state index contributed by atoms with van der Waals surface area (Å²) in [5.41, 5.74) is 1.52. The molecule has 7 nitrogen and oxygen atoms in total. The predicted molar refractivity (Wildman–Crippen MR) is 138 cm³/mol. The van der Waals surface area contributed by atoms with Crippen LogP contribution in [-0.4, -0.2) is 50.4 Å². The molecule has 6 atom stereocenters. The highest BCUT2D eigenvalue weighted by molar-refractivity contribution is 6.53. The molecule has 1 saturated carbocycles. The molecule has 2 aromatic carbocycles. The molecule has 2 saturated heterocycles. The van der Waals surface area contributed by atoms with Crippen LogP contribution in [0.2, 0.25) is 5.02 Å². The lowest BCUT2D eigenvalue weighted by molar-refractivity contribution is -0.138. The number of alkyl halides is 2. The van der Waals surface area contributed by atoms with Crippen LogP contribution in [0.1, 0.15) is 24.3 Å². The van der Waals surface area contributed by atoms with Crippen molar-refractivity contribution in [2.45, 2.75) is 28.5 Å². The number of amides is 4. The number of carbonyl (C=O) groups excluding carboxylic acids is 4. The number of phenols is 1. The SMILES string of the molecule is CN1C(=O)C2(Cl)CC3C(=CCC4C(=O)N(c5ccccc5)C(=O)C43)C(c3ccc(O)cc3Cl)C2(Cl)C1=O. The number of hydrogen-bond donors (Lipinski definition) is 1. The lowest BCUT2D eigenvalue weighted by atomic mass is 9.56. The number of anilines is 1. The molecule has 2 aliphatic heterocycles. The standard InChI is InChI=1S/C27H21Cl3N2O5/c1-31-24(36)26(29)12-18-15(21(27(26,30)25(31)37)16-8-7-14(33)11-19(16)28)9-10-17-20(18)23(35)32(22(17)34)13-5-3-2-4-6-13/h2-9,11,17-18,20-21,33H,10,12H2,1H3. The fourth-order valence-electron chi connectivity index (χ4n) is 6.67. The van der Waals surface area contributed by atoms with Gasteiger partial charge in [-0.3, -0.25) is 29.0 Å². The first kappa shape index (κ1) is 24.5. The zero-order chi connectivity index (χ0) is 26.4. The summed E-state index contributed by atoms with van der Waals surface area (Å²) in [7, 11) is 1.33. The van der Waals surface area contributed by atoms with E-state index in [1.807, 2.05) is 6.08 Å². The number of rotatable bonds is 2. The summed E-state index contributed by atoms with van der Waals surface area (Å²) in [6.45, 7) is 0. The number of fused-ring (bicyclic) bond motifs is 4. The van der Waals surface area contributed by atoms with Gasteiger partial charge in [0.05, 0.1) is 17.5 Å². The van der Waals surface area contributed by atoms with Crippen LogP contribution in [-0.2, 0) is 19.2 Å². The van der Waals surface area contributed by atoms with E-state index in [0.29, 0.717) is 16.8 Å². The van der Waals surface area contributed by atoms with Crippen molar-refractivity contribution in [2.75, 3.05) is 11.9 Å². The van der Waals surface area contributed by atoms with Gasteiger partial charge < -0.3 is 5.11 Å². The Morgan fingerprint density at radius 3 is 2.32 bits per heavy atom. The van der Waals surface area contributed by atoms with Crippen molar-refractivity contribution in [1.82, 2.24) is 4.90 Å². The molecule has 0 aromatic heterocycles. The zero-order valence-corrected chi connectivity index (χ0v) is 21.8. The number of likely N-dealkylation sites (tertiary alicyclic amines) is 1. The van der Waals surface area contributed by atoms with Gasteiger partial charge in [-0.2, -0.15) is 0 Å². The van der Waals surface area contributed by atoms with Crippen LogP contribution in [0.4, 0.5) is 5.69 Å². The maximum Gasteiger partial charge on any atom is 0.253 e. The van der Waals surface area contributed by atoms with E-state index in [1.165, 1.54) is 24.1 Å². The lowest BCUT2D eigenvalue weighted by Gasteiger charge is -2.51. The number of imide groups is 2. The first-order chi connectivity index (χ1) is 17.5. The van der Waals surface area contributed by atoms with Crippen LogP contribution in [0, 0.1) is 17.8 Å². The number of halogens is 3. The van der Waals surface area contributed by atoms with Gasteiger partial charge in [-0.25, -0.2) is 0 Å². The van der Waals surface area contributed by atoms with Crippen molar-refractivity contribution in [2.24, 2.45) is 17.8 Å². The summed E-state index contributed by atoms with van der Waals surface area (Å²) in [6.07, 6.45) is 2.01. The average Bonchev–Trinajstić information content (AvgIpc) is 3.20. The normalized spacial score (nSPS) is 34.9. The molecule has 0 radical (unpaired) electrons. The molecule has 0 spiro atoms. The minimum atomic E-state index is -1.92. The van der Waals surface area contributed by atoms with E-state index < -0.39 is 45.2 Å². The summed E-state index contributed by atoms with van der Waals surface area (Å²) in [4.78, 5) is 52.6. The lowest BCUT2D eigenvalue weighted by Crippen LogP contribution is -2.60. The smallest absolute Gasteiger partial charge is 0.253 e. The molecule has 2 aliphatic carbocycles. The van der Waals surface area contributed by atoms with Gasteiger partial charge in [-0.1, -0.05) is 47.5 Å². The number of para-hydroxylation sites is 1. The monoisotopic (exact) mass is 558 g/mol. The topological polar surface area (TPSA) is 95.0 Å². The third-order valence-corrected chi connectivity index (χ3v) is 10.1. The molecule has 1 N–H and O–H groups in total. The van der Waals surface area contributed by atoms with Gasteiger partial charge in [-0.15, -0.1) is 23.2 Å². The van der Waals surface area contributed by atoms with E-state index in [1.54, 1.807) is 36.4 Å². The van der Waals surface area contributed by atoms with Crippen molar-refractivity contribution in [3.05, 3.63) is 70.8 Å². The minimum absolute atomic E-state index is 0.0828. The quantitative estimate of drug-likeness (QED) is 0.337. The van der Waals surface area contributed by atoms with Gasteiger partial charge in [0, 0.05) is 18.0 Å². The van der Waals surface area contributed by atoms with E-state index in [2.05, 4.69) is 0 Å². The van der Waals surface area contributed by atoms with Crippen LogP contribution >= 0.6 is 34.8 Å². The third-order valence-electron chi connectivity index (χ3n) is 8.32. The van der Waals surface area contributed by atoms with Crippen LogP contribution in [0.5, 0.6) is 5.75 Å². The summed E-state index contributed by atoms with van der Waals surface area (Å²) in [5.74, 6) is -5.10. The van der Waals surface area contributed by atoms with Crippen molar-refractivity contribution in [1.29, 1.82) is 0 Å². The third kappa shape index (κ3) is 3.02. The fraction of sp³-hybridized carbons (Fsp3) is 0.333. The highest BCUT2D eigenvalue weighted by atomic mass is 35.5. The maximum atomic E-state index is 13.8. The Morgan fingerprint density at radius 1 is 0.946 bits per heavy atom. The zero-order valence-electron chi connectivity index (χ0n) is 19.5. The Balaban J connectivity index is 1.54. The van der Waals surface area contributed by atoms with Crippen LogP contribution in [0.15, 0.2) is 60.2 Å². The number of phenolic OH excluding ortho intramolecular Hbond substituents is 1. The molecule has 3 fully saturated rings. The molecule has 10 heteroatoms. The molecule has 37 heavy (non-hydrogen) atoms. The van der Waals surface area contributed by atoms with Crippen LogP contribution in [0.25, 0.3) is 0 Å². The van der Waals surface area contributed by atoms with Crippen molar-refractivity contribution in [3.63, 3.8) is 0 Å². The Morgan fingerprint density at radius 2 is 1.65 bits per heavy atom. The second-order valence-corrected chi connectivity index (χ2v) is 11.7. The number of benzene rings is 2. The van der Waals surface area contributed by atoms with E-state index in [4.69, 9.17) is 34.8 Å². The summed E-state index contributed by atoms with van der Waals surface area (Å²) >= 11 is 20.8. The Kier molecular flexibility index (Phi) is 5.33. The number of carbonyl (C=O) groups is 4. The van der Waals surface area contributed by atoms with Gasteiger partial charge in [-0.05, 0) is 48.6 Å². The van der Waals surface area contributed by atoms with Crippen molar-refractivity contribution < 1.29 is 24.3 Å². The molecule has 2 heterocycles. The highest BCUT2D eigenvalue weighted by Gasteiger charge is 2.76. The summed E-state index contributed by atoms with van der Waals surface area (Å²) in [5, 5.41) is 10.1. The molecule has 2 aromatic rings. The molecule has 4 aliphatic rings. The molecular formula is C27H21Cl3N2O5. The van der Waals surface area contributed by atoms with E-state index in [9.17, 15) is 24.3 Å². The summed E-state index contributed by atoms with van der Waals surface area (Å²) < 4.78 is 0. The molecular weight excluding hydrogens is 539 g/mol. The van der Waals surface area contributed by atoms with Crippen LogP contribution in [0.3, 0.4) is 0 Å². The first-order valence-corrected chi connectivity index (χ1v) is 13.0. The Hall–Kier alpha value is -2.87. The van der Waals surface area contributed by atoms with Crippen molar-refractivity contribution in [3.8, 4) is 5.75 Å². The van der Waals surface area contributed by atoms with Gasteiger partial charge in [0.15, 0.2) is 9.75 Å². The first-order valence-electron chi connectivity index (χ1n) is 11.8. The minimum Gasteiger partial charge on any atom is -0.508 e. The van der Waals surface area contributed by atoms with Gasteiger partial charge in [0.25, 0.3) is 11.8 Å². The summed E-state index contributed by atoms with van der Waals surface area (Å²) in [6, 6.07) is 13.0. The maximum absolute atomic E-state index is 13.8. The second kappa shape index (κ2) is 8.06. The number of allylic oxidation sites excluding steroid dienone is 2. The number of nitrogens with zero attached hydrogens (tertiary/aromatic N) is 2. The Labute approximate surface area is 227 Å². The van der Waals surface area contributed by atoms with E-state index in [-0.39, 0.29) is 35.4 Å². The predicted octanol–water partition coefficient (Wildman–Crippen LogP) is 4.24. The number of hydrogen-bond acceptors (Lipinski definition) is 5. The van der Waals surface area contributed by atoms with Gasteiger partial charge >= 0.3 is 0 Å². The molecule has 6 rings (SSSR count). The highest BCUT2D eigenvalue weighted by Crippen LogP contribution is 2.65. The van der Waals surface area contributed by atoms with Gasteiger partial charge in [0.1, 0.15) is 5.75 Å². The second-order valence-electron chi connectivity index (χ2n) is 10.1. The van der Waals surface area contributed by atoms with Crippen molar-refractivity contribution >= 4 is 64.1 Å². The largest absolute Gasteiger partial charge is 0.508 e. The molecule has 0 bridgehead atoms.